The summed E-state index contributed by atoms with van der Waals surface area (Å²) in [5.74, 6) is -0.540. The van der Waals surface area contributed by atoms with Crippen LogP contribution in [-0.4, -0.2) is 5.91 Å². The molecule has 0 saturated carbocycles. The summed E-state index contributed by atoms with van der Waals surface area (Å²) < 4.78 is 0. The molecule has 4 heteroatoms. The Labute approximate surface area is 88.0 Å². The van der Waals surface area contributed by atoms with Gasteiger partial charge in [0.15, 0.2) is 0 Å². The first kappa shape index (κ1) is 11.0. The Bertz CT molecular complexity index is 354. The predicted molar refractivity (Wildman–Crippen MR) is 56.8 cm³/mol. The van der Waals surface area contributed by atoms with Crippen LogP contribution in [0.3, 0.4) is 0 Å². The standard InChI is InChI=1S/C10H13ClN2O/c1-2-10(13,9(12)14)7-4-3-5-8(11)6-7/h3-6H,2,13H2,1H3,(H2,12,14). The molecule has 76 valence electrons. The van der Waals surface area contributed by atoms with Crippen molar-refractivity contribution in [3.8, 4) is 0 Å². The van der Waals surface area contributed by atoms with Crippen molar-refractivity contribution in [1.29, 1.82) is 0 Å². The highest BCUT2D eigenvalue weighted by molar-refractivity contribution is 6.30. The third kappa shape index (κ3) is 1.89. The topological polar surface area (TPSA) is 69.1 Å². The predicted octanol–water partition coefficient (Wildman–Crippen LogP) is 1.39. The van der Waals surface area contributed by atoms with Crippen molar-refractivity contribution in [2.24, 2.45) is 11.5 Å². The minimum absolute atomic E-state index is 0.447. The van der Waals surface area contributed by atoms with E-state index < -0.39 is 11.4 Å². The SMILES string of the molecule is CCC(N)(C(N)=O)c1cccc(Cl)c1. The lowest BCUT2D eigenvalue weighted by Gasteiger charge is -2.24. The van der Waals surface area contributed by atoms with Gasteiger partial charge in [-0.15, -0.1) is 0 Å². The molecule has 0 bridgehead atoms. The molecule has 1 aromatic carbocycles. The Morgan fingerprint density at radius 3 is 2.64 bits per heavy atom. The third-order valence-corrected chi connectivity index (χ3v) is 2.57. The minimum Gasteiger partial charge on any atom is -0.368 e. The van der Waals surface area contributed by atoms with E-state index in [1.54, 1.807) is 24.3 Å². The fourth-order valence-electron chi connectivity index (χ4n) is 1.29. The smallest absolute Gasteiger partial charge is 0.242 e. The summed E-state index contributed by atoms with van der Waals surface area (Å²) in [6.07, 6.45) is 0.447. The zero-order chi connectivity index (χ0) is 10.8. The highest BCUT2D eigenvalue weighted by Gasteiger charge is 2.31. The van der Waals surface area contributed by atoms with E-state index in [1.807, 2.05) is 6.92 Å². The molecule has 0 fully saturated rings. The van der Waals surface area contributed by atoms with Crippen LogP contribution in [0, 0.1) is 0 Å². The molecule has 14 heavy (non-hydrogen) atoms. The number of amides is 1. The second-order valence-electron chi connectivity index (χ2n) is 3.20. The highest BCUT2D eigenvalue weighted by atomic mass is 35.5. The molecule has 4 N–H and O–H groups in total. The number of hydrogen-bond donors (Lipinski definition) is 2. The van der Waals surface area contributed by atoms with E-state index in [4.69, 9.17) is 23.1 Å². The fourth-order valence-corrected chi connectivity index (χ4v) is 1.48. The Balaban J connectivity index is 3.19. The van der Waals surface area contributed by atoms with Gasteiger partial charge >= 0.3 is 0 Å². The lowest BCUT2D eigenvalue weighted by atomic mass is 9.88. The third-order valence-electron chi connectivity index (χ3n) is 2.34. The molecule has 1 atom stereocenters. The zero-order valence-electron chi connectivity index (χ0n) is 7.96. The van der Waals surface area contributed by atoms with Gasteiger partial charge in [0.05, 0.1) is 0 Å². The van der Waals surface area contributed by atoms with Crippen LogP contribution in [0.1, 0.15) is 18.9 Å². The Morgan fingerprint density at radius 1 is 1.57 bits per heavy atom. The molecule has 0 heterocycles. The molecule has 0 aromatic heterocycles. The van der Waals surface area contributed by atoms with Gasteiger partial charge < -0.3 is 11.5 Å². The summed E-state index contributed by atoms with van der Waals surface area (Å²) in [5.41, 5.74) is 10.7. The van der Waals surface area contributed by atoms with Crippen molar-refractivity contribution in [3.05, 3.63) is 34.9 Å². The van der Waals surface area contributed by atoms with Crippen molar-refractivity contribution in [2.75, 3.05) is 0 Å². The van der Waals surface area contributed by atoms with Crippen molar-refractivity contribution >= 4 is 17.5 Å². The van der Waals surface area contributed by atoms with E-state index in [0.29, 0.717) is 17.0 Å². The van der Waals surface area contributed by atoms with Crippen LogP contribution in [0.15, 0.2) is 24.3 Å². The Kier molecular flexibility index (Phi) is 3.13. The van der Waals surface area contributed by atoms with Crippen molar-refractivity contribution < 1.29 is 4.79 Å². The lowest BCUT2D eigenvalue weighted by molar-refractivity contribution is -0.123. The van der Waals surface area contributed by atoms with E-state index in [-0.39, 0.29) is 0 Å². The lowest BCUT2D eigenvalue weighted by Crippen LogP contribution is -2.48. The summed E-state index contributed by atoms with van der Waals surface area (Å²) in [6.45, 7) is 1.81. The number of benzene rings is 1. The molecule has 1 rings (SSSR count). The number of primary amides is 1. The second-order valence-corrected chi connectivity index (χ2v) is 3.64. The van der Waals surface area contributed by atoms with Crippen LogP contribution in [0.2, 0.25) is 5.02 Å². The molecule has 0 aliphatic heterocycles. The first-order valence-electron chi connectivity index (χ1n) is 4.35. The fraction of sp³-hybridized carbons (Fsp3) is 0.300. The average molecular weight is 213 g/mol. The average Bonchev–Trinajstić information content (AvgIpc) is 2.16. The van der Waals surface area contributed by atoms with Gasteiger partial charge in [-0.05, 0) is 24.1 Å². The van der Waals surface area contributed by atoms with E-state index >= 15 is 0 Å². The number of carbonyl (C=O) groups is 1. The zero-order valence-corrected chi connectivity index (χ0v) is 8.71. The monoisotopic (exact) mass is 212 g/mol. The van der Waals surface area contributed by atoms with Crippen LogP contribution < -0.4 is 11.5 Å². The first-order valence-corrected chi connectivity index (χ1v) is 4.73. The number of nitrogens with two attached hydrogens (primary N) is 2. The molecular weight excluding hydrogens is 200 g/mol. The first-order chi connectivity index (χ1) is 6.50. The summed E-state index contributed by atoms with van der Waals surface area (Å²) in [5, 5.41) is 0.548. The molecule has 0 aliphatic rings. The van der Waals surface area contributed by atoms with Crippen LogP contribution in [0.25, 0.3) is 0 Å². The summed E-state index contributed by atoms with van der Waals surface area (Å²) >= 11 is 5.80. The van der Waals surface area contributed by atoms with E-state index in [0.717, 1.165) is 0 Å². The van der Waals surface area contributed by atoms with E-state index in [9.17, 15) is 4.79 Å². The molecule has 0 saturated heterocycles. The second kappa shape index (κ2) is 3.98. The number of hydrogen-bond acceptors (Lipinski definition) is 2. The van der Waals surface area contributed by atoms with Gasteiger partial charge in [0, 0.05) is 5.02 Å². The van der Waals surface area contributed by atoms with Crippen LogP contribution in [-0.2, 0) is 10.3 Å². The summed E-state index contributed by atoms with van der Waals surface area (Å²) in [6, 6.07) is 6.88. The molecule has 3 nitrogen and oxygen atoms in total. The van der Waals surface area contributed by atoms with Crippen LogP contribution in [0.5, 0.6) is 0 Å². The largest absolute Gasteiger partial charge is 0.368 e. The summed E-state index contributed by atoms with van der Waals surface area (Å²) in [4.78, 5) is 11.2. The minimum atomic E-state index is -1.12. The Morgan fingerprint density at radius 2 is 2.21 bits per heavy atom. The molecule has 0 spiro atoms. The Hall–Kier alpha value is -1.06. The van der Waals surface area contributed by atoms with E-state index in [2.05, 4.69) is 0 Å². The molecule has 0 aliphatic carbocycles. The van der Waals surface area contributed by atoms with Crippen molar-refractivity contribution in [3.63, 3.8) is 0 Å². The van der Waals surface area contributed by atoms with Gasteiger partial charge in [-0.2, -0.15) is 0 Å². The molecular formula is C10H13ClN2O. The molecule has 1 amide bonds. The summed E-state index contributed by atoms with van der Waals surface area (Å²) in [7, 11) is 0. The highest BCUT2D eigenvalue weighted by Crippen LogP contribution is 2.24. The molecule has 1 unspecified atom stereocenters. The van der Waals surface area contributed by atoms with Gasteiger partial charge in [0.2, 0.25) is 5.91 Å². The normalized spacial score (nSPS) is 14.8. The quantitative estimate of drug-likeness (QED) is 0.795. The maximum absolute atomic E-state index is 11.2. The van der Waals surface area contributed by atoms with Gasteiger partial charge in [-0.1, -0.05) is 30.7 Å². The number of carbonyl (C=O) groups excluding carboxylic acids is 1. The maximum atomic E-state index is 11.2. The molecule has 0 radical (unpaired) electrons. The van der Waals surface area contributed by atoms with Crippen molar-refractivity contribution in [2.45, 2.75) is 18.9 Å². The number of halogens is 1. The van der Waals surface area contributed by atoms with Gasteiger partial charge in [0.1, 0.15) is 5.54 Å². The van der Waals surface area contributed by atoms with Crippen molar-refractivity contribution in [1.82, 2.24) is 0 Å². The van der Waals surface area contributed by atoms with Crippen LogP contribution in [0.4, 0.5) is 0 Å². The molecule has 1 aromatic rings. The van der Waals surface area contributed by atoms with Gasteiger partial charge in [-0.25, -0.2) is 0 Å². The number of rotatable bonds is 3. The van der Waals surface area contributed by atoms with Gasteiger partial charge in [-0.3, -0.25) is 4.79 Å². The van der Waals surface area contributed by atoms with Gasteiger partial charge in [0.25, 0.3) is 0 Å². The maximum Gasteiger partial charge on any atom is 0.242 e. The van der Waals surface area contributed by atoms with E-state index in [1.165, 1.54) is 0 Å². The van der Waals surface area contributed by atoms with Crippen LogP contribution >= 0.6 is 11.6 Å².